The highest BCUT2D eigenvalue weighted by molar-refractivity contribution is 5.91. The van der Waals surface area contributed by atoms with Gasteiger partial charge in [0.25, 0.3) is 5.91 Å². The van der Waals surface area contributed by atoms with Crippen LogP contribution in [0.1, 0.15) is 40.2 Å². The molecule has 0 radical (unpaired) electrons. The van der Waals surface area contributed by atoms with Crippen molar-refractivity contribution in [2.45, 2.75) is 33.3 Å². The Hall–Kier alpha value is -3.36. The quantitative estimate of drug-likeness (QED) is 0.683. The van der Waals surface area contributed by atoms with Crippen LogP contribution in [0.2, 0.25) is 0 Å². The molecule has 1 fully saturated rings. The van der Waals surface area contributed by atoms with E-state index in [4.69, 9.17) is 19.7 Å². The summed E-state index contributed by atoms with van der Waals surface area (Å²) in [7, 11) is 0. The van der Waals surface area contributed by atoms with Gasteiger partial charge in [0, 0.05) is 19.0 Å². The molecule has 160 valence electrons. The molecule has 0 atom stereocenters. The summed E-state index contributed by atoms with van der Waals surface area (Å²) in [5.41, 5.74) is 7.19. The zero-order valence-electron chi connectivity index (χ0n) is 17.1. The van der Waals surface area contributed by atoms with E-state index in [1.807, 2.05) is 6.92 Å². The number of piperidine rings is 1. The van der Waals surface area contributed by atoms with Gasteiger partial charge in [0.1, 0.15) is 18.1 Å². The first-order valence-corrected chi connectivity index (χ1v) is 9.74. The summed E-state index contributed by atoms with van der Waals surface area (Å²) in [6.45, 7) is 4.39. The van der Waals surface area contributed by atoms with Gasteiger partial charge in [-0.15, -0.1) is 0 Å². The predicted octanol–water partition coefficient (Wildman–Crippen LogP) is 1.75. The number of aryl methyl sites for hydroxylation is 2. The van der Waals surface area contributed by atoms with E-state index in [-0.39, 0.29) is 36.5 Å². The van der Waals surface area contributed by atoms with Crippen LogP contribution < -0.4 is 10.5 Å². The molecule has 0 aliphatic carbocycles. The lowest BCUT2D eigenvalue weighted by atomic mass is 9.96. The number of hydrogen-bond acceptors (Lipinski definition) is 7. The van der Waals surface area contributed by atoms with Crippen molar-refractivity contribution in [3.8, 4) is 5.75 Å². The third kappa shape index (κ3) is 5.16. The number of carbonyl (C=O) groups excluding carboxylic acids is 3. The van der Waals surface area contributed by atoms with Crippen molar-refractivity contribution in [1.82, 2.24) is 10.1 Å². The lowest BCUT2D eigenvalue weighted by Gasteiger charge is -2.30. The summed E-state index contributed by atoms with van der Waals surface area (Å²) in [5, 5.41) is 3.88. The summed E-state index contributed by atoms with van der Waals surface area (Å²) < 4.78 is 16.0. The van der Waals surface area contributed by atoms with Crippen molar-refractivity contribution in [3.63, 3.8) is 0 Å². The summed E-state index contributed by atoms with van der Waals surface area (Å²) in [5.74, 6) is -0.282. The van der Waals surface area contributed by atoms with Crippen LogP contribution in [0.3, 0.4) is 0 Å². The number of hydrogen-bond donors (Lipinski definition) is 1. The number of ether oxygens (including phenoxy) is 2. The SMILES string of the molecule is Cc1noc(C)c1COc1cccc(C(=O)OCC(=O)N2CCC(C(N)=O)CC2)c1. The highest BCUT2D eigenvalue weighted by Gasteiger charge is 2.26. The first kappa shape index (κ1) is 21.4. The maximum Gasteiger partial charge on any atom is 0.338 e. The van der Waals surface area contributed by atoms with Crippen LogP contribution >= 0.6 is 0 Å². The van der Waals surface area contributed by atoms with E-state index in [0.717, 1.165) is 11.3 Å². The normalized spacial score (nSPS) is 14.4. The van der Waals surface area contributed by atoms with Crippen LogP contribution in [0.15, 0.2) is 28.8 Å². The number of nitrogens with zero attached hydrogens (tertiary/aromatic N) is 2. The molecule has 0 saturated carbocycles. The second-order valence-electron chi connectivity index (χ2n) is 7.25. The molecule has 2 N–H and O–H groups in total. The lowest BCUT2D eigenvalue weighted by molar-refractivity contribution is -0.137. The van der Waals surface area contributed by atoms with Gasteiger partial charge in [-0.2, -0.15) is 0 Å². The summed E-state index contributed by atoms with van der Waals surface area (Å²) in [6.07, 6.45) is 1.05. The highest BCUT2D eigenvalue weighted by Crippen LogP contribution is 2.20. The van der Waals surface area contributed by atoms with Crippen molar-refractivity contribution in [2.24, 2.45) is 11.7 Å². The van der Waals surface area contributed by atoms with Gasteiger partial charge in [-0.25, -0.2) is 4.79 Å². The smallest absolute Gasteiger partial charge is 0.338 e. The zero-order valence-corrected chi connectivity index (χ0v) is 17.1. The molecule has 2 aromatic rings. The van der Waals surface area contributed by atoms with Gasteiger partial charge in [0.15, 0.2) is 6.61 Å². The van der Waals surface area contributed by atoms with Gasteiger partial charge in [-0.1, -0.05) is 11.2 Å². The molecule has 9 nitrogen and oxygen atoms in total. The molecule has 2 amide bonds. The first-order valence-electron chi connectivity index (χ1n) is 9.74. The summed E-state index contributed by atoms with van der Waals surface area (Å²) >= 11 is 0. The Bertz CT molecular complexity index is 911. The number of primary amides is 1. The molecular weight excluding hydrogens is 390 g/mol. The van der Waals surface area contributed by atoms with E-state index in [1.165, 1.54) is 0 Å². The number of nitrogens with two attached hydrogens (primary N) is 1. The Balaban J connectivity index is 1.50. The molecule has 0 spiro atoms. The van der Waals surface area contributed by atoms with E-state index < -0.39 is 5.97 Å². The van der Waals surface area contributed by atoms with E-state index in [0.29, 0.717) is 37.4 Å². The molecular formula is C21H25N3O6. The molecule has 0 unspecified atom stereocenters. The average molecular weight is 415 g/mol. The van der Waals surface area contributed by atoms with Crippen LogP contribution in [0.25, 0.3) is 0 Å². The van der Waals surface area contributed by atoms with Gasteiger partial charge < -0.3 is 24.6 Å². The van der Waals surface area contributed by atoms with E-state index in [1.54, 1.807) is 36.1 Å². The highest BCUT2D eigenvalue weighted by atomic mass is 16.5. The van der Waals surface area contributed by atoms with Gasteiger partial charge in [-0.05, 0) is 44.9 Å². The molecule has 1 aromatic heterocycles. The number of carbonyl (C=O) groups is 3. The van der Waals surface area contributed by atoms with Crippen LogP contribution in [0.5, 0.6) is 5.75 Å². The number of aromatic nitrogens is 1. The molecule has 2 heterocycles. The minimum Gasteiger partial charge on any atom is -0.489 e. The van der Waals surface area contributed by atoms with Crippen molar-refractivity contribution in [3.05, 3.63) is 46.8 Å². The molecule has 1 aliphatic rings. The van der Waals surface area contributed by atoms with Gasteiger partial charge in [0.05, 0.1) is 16.8 Å². The van der Waals surface area contributed by atoms with Crippen LogP contribution in [0.4, 0.5) is 0 Å². The third-order valence-electron chi connectivity index (χ3n) is 5.21. The third-order valence-corrected chi connectivity index (χ3v) is 5.21. The fourth-order valence-electron chi connectivity index (χ4n) is 3.29. The fourth-order valence-corrected chi connectivity index (χ4v) is 3.29. The Morgan fingerprint density at radius 3 is 2.60 bits per heavy atom. The van der Waals surface area contributed by atoms with Gasteiger partial charge in [0.2, 0.25) is 5.91 Å². The standard InChI is InChI=1S/C21H25N3O6/c1-13-18(14(2)30-23-13)11-28-17-5-3-4-16(10-17)21(27)29-12-19(25)24-8-6-15(7-9-24)20(22)26/h3-5,10,15H,6-9,11-12H2,1-2H3,(H2,22,26). The van der Waals surface area contributed by atoms with Crippen molar-refractivity contribution in [2.75, 3.05) is 19.7 Å². The maximum atomic E-state index is 12.3. The number of esters is 1. The zero-order chi connectivity index (χ0) is 21.7. The topological polar surface area (TPSA) is 125 Å². The number of benzene rings is 1. The Morgan fingerprint density at radius 2 is 1.97 bits per heavy atom. The monoisotopic (exact) mass is 415 g/mol. The molecule has 1 aromatic carbocycles. The molecule has 3 rings (SSSR count). The van der Waals surface area contributed by atoms with E-state index in [2.05, 4.69) is 5.16 Å². The van der Waals surface area contributed by atoms with Crippen molar-refractivity contribution >= 4 is 17.8 Å². The van der Waals surface area contributed by atoms with E-state index >= 15 is 0 Å². The maximum absolute atomic E-state index is 12.3. The van der Waals surface area contributed by atoms with Crippen molar-refractivity contribution in [1.29, 1.82) is 0 Å². The minimum atomic E-state index is -0.613. The van der Waals surface area contributed by atoms with Gasteiger partial charge in [-0.3, -0.25) is 9.59 Å². The van der Waals surface area contributed by atoms with Crippen molar-refractivity contribution < 1.29 is 28.4 Å². The second-order valence-corrected chi connectivity index (χ2v) is 7.25. The number of rotatable bonds is 7. The number of likely N-dealkylation sites (tertiary alicyclic amines) is 1. The van der Waals surface area contributed by atoms with Crippen LogP contribution in [0, 0.1) is 19.8 Å². The van der Waals surface area contributed by atoms with Gasteiger partial charge >= 0.3 is 5.97 Å². The van der Waals surface area contributed by atoms with Crippen LogP contribution in [-0.2, 0) is 20.9 Å². The molecule has 1 aliphatic heterocycles. The van der Waals surface area contributed by atoms with Crippen LogP contribution in [-0.4, -0.2) is 47.5 Å². The molecule has 30 heavy (non-hydrogen) atoms. The second kappa shape index (κ2) is 9.43. The first-order chi connectivity index (χ1) is 14.3. The summed E-state index contributed by atoms with van der Waals surface area (Å²) in [4.78, 5) is 37.4. The Morgan fingerprint density at radius 1 is 1.23 bits per heavy atom. The number of amides is 2. The predicted molar refractivity (Wildman–Crippen MR) is 106 cm³/mol. The lowest BCUT2D eigenvalue weighted by Crippen LogP contribution is -2.43. The fraction of sp³-hybridized carbons (Fsp3) is 0.429. The molecule has 9 heteroatoms. The minimum absolute atomic E-state index is 0.204. The Kier molecular flexibility index (Phi) is 6.71. The molecule has 1 saturated heterocycles. The largest absolute Gasteiger partial charge is 0.489 e. The average Bonchev–Trinajstić information content (AvgIpc) is 3.07. The Labute approximate surface area is 174 Å². The summed E-state index contributed by atoms with van der Waals surface area (Å²) in [6, 6.07) is 6.55. The molecule has 0 bridgehead atoms. The van der Waals surface area contributed by atoms with E-state index in [9.17, 15) is 14.4 Å².